The molecule has 0 aromatic heterocycles. The number of nitrogens with zero attached hydrogens (tertiary/aromatic N) is 4. The Hall–Kier alpha value is -4.15. The molecule has 2 heterocycles. The average molecular weight is 545 g/mol. The minimum atomic E-state index is -4.73. The number of piperazine rings is 1. The molecule has 11 heteroatoms. The molecule has 39 heavy (non-hydrogen) atoms. The SMILES string of the molecule is CC(C(=O)O)C1c2ccccc2N=C(N2CCN(c3ccc(F)cc3)CC2)N1c1cc(C(F)(F)F)ccc1F. The summed E-state index contributed by atoms with van der Waals surface area (Å²) in [5, 5.41) is 9.97. The van der Waals surface area contributed by atoms with E-state index in [1.54, 1.807) is 36.4 Å². The molecule has 0 spiro atoms. The van der Waals surface area contributed by atoms with Crippen molar-refractivity contribution in [3.8, 4) is 0 Å². The van der Waals surface area contributed by atoms with Crippen LogP contribution in [0.3, 0.4) is 0 Å². The summed E-state index contributed by atoms with van der Waals surface area (Å²) in [4.78, 5) is 22.1. The summed E-state index contributed by atoms with van der Waals surface area (Å²) in [6, 6.07) is 13.9. The maximum Gasteiger partial charge on any atom is 0.416 e. The number of fused-ring (bicyclic) bond motifs is 1. The van der Waals surface area contributed by atoms with Gasteiger partial charge in [-0.05, 0) is 55.5 Å². The van der Waals surface area contributed by atoms with Crippen LogP contribution in [0.25, 0.3) is 0 Å². The molecular weight excluding hydrogens is 519 g/mol. The van der Waals surface area contributed by atoms with Gasteiger partial charge < -0.3 is 19.8 Å². The fourth-order valence-electron chi connectivity index (χ4n) is 5.06. The number of hydrogen-bond acceptors (Lipinski definition) is 5. The van der Waals surface area contributed by atoms with Crippen LogP contribution in [0.4, 0.5) is 39.0 Å². The van der Waals surface area contributed by atoms with Gasteiger partial charge in [-0.1, -0.05) is 18.2 Å². The number of hydrogen-bond donors (Lipinski definition) is 1. The predicted molar refractivity (Wildman–Crippen MR) is 137 cm³/mol. The molecule has 0 amide bonds. The van der Waals surface area contributed by atoms with Crippen molar-refractivity contribution in [3.63, 3.8) is 0 Å². The number of para-hydroxylation sites is 1. The number of carbonyl (C=O) groups is 1. The molecule has 3 aromatic carbocycles. The second-order valence-electron chi connectivity index (χ2n) is 9.53. The van der Waals surface area contributed by atoms with Gasteiger partial charge in [-0.3, -0.25) is 4.79 Å². The highest BCUT2D eigenvalue weighted by atomic mass is 19.4. The molecule has 1 saturated heterocycles. The van der Waals surface area contributed by atoms with Crippen LogP contribution in [-0.2, 0) is 11.0 Å². The number of carboxylic acids is 1. The Morgan fingerprint density at radius 3 is 2.23 bits per heavy atom. The van der Waals surface area contributed by atoms with Gasteiger partial charge in [0.15, 0.2) is 0 Å². The molecule has 2 aliphatic rings. The highest BCUT2D eigenvalue weighted by molar-refractivity contribution is 6.01. The van der Waals surface area contributed by atoms with Crippen molar-refractivity contribution in [2.75, 3.05) is 36.0 Å². The molecule has 1 N–H and O–H groups in total. The maximum absolute atomic E-state index is 15.3. The van der Waals surface area contributed by atoms with Gasteiger partial charge in [-0.2, -0.15) is 13.2 Å². The third-order valence-corrected chi connectivity index (χ3v) is 7.12. The van der Waals surface area contributed by atoms with Crippen LogP contribution < -0.4 is 9.80 Å². The maximum atomic E-state index is 15.3. The standard InChI is InChI=1S/C28H25F5N4O2/c1-17(26(38)39)25-21-4-2-3-5-23(21)34-27(37(25)24-16-18(28(31,32)33)6-11-22(24)30)36-14-12-35(13-15-36)20-9-7-19(29)8-10-20/h2-11,16-17,25H,12-15H2,1H3,(H,38,39). The summed E-state index contributed by atoms with van der Waals surface area (Å²) in [6.45, 7) is 3.12. The predicted octanol–water partition coefficient (Wildman–Crippen LogP) is 6.08. The first-order valence-corrected chi connectivity index (χ1v) is 12.4. The summed E-state index contributed by atoms with van der Waals surface area (Å²) < 4.78 is 69.7. The first-order valence-electron chi connectivity index (χ1n) is 12.4. The van der Waals surface area contributed by atoms with Crippen LogP contribution in [0, 0.1) is 17.6 Å². The first kappa shape index (κ1) is 26.5. The highest BCUT2D eigenvalue weighted by Gasteiger charge is 2.42. The minimum absolute atomic E-state index is 0.170. The van der Waals surface area contributed by atoms with Gasteiger partial charge in [0.1, 0.15) is 11.6 Å². The van der Waals surface area contributed by atoms with Crippen molar-refractivity contribution >= 4 is 29.0 Å². The fourth-order valence-corrected chi connectivity index (χ4v) is 5.06. The normalized spacial score (nSPS) is 18.5. The number of rotatable bonds is 4. The largest absolute Gasteiger partial charge is 0.481 e. The lowest BCUT2D eigenvalue weighted by Gasteiger charge is -2.46. The van der Waals surface area contributed by atoms with Gasteiger partial charge in [0.05, 0.1) is 28.9 Å². The lowest BCUT2D eigenvalue weighted by Crippen LogP contribution is -2.56. The average Bonchev–Trinajstić information content (AvgIpc) is 2.92. The topological polar surface area (TPSA) is 59.4 Å². The minimum Gasteiger partial charge on any atom is -0.481 e. The third kappa shape index (κ3) is 5.13. The Balaban J connectivity index is 1.59. The van der Waals surface area contributed by atoms with E-state index >= 15 is 4.39 Å². The van der Waals surface area contributed by atoms with E-state index in [9.17, 15) is 27.5 Å². The molecule has 2 aliphatic heterocycles. The van der Waals surface area contributed by atoms with E-state index in [1.165, 1.54) is 24.0 Å². The number of aliphatic imine (C=N–C) groups is 1. The molecule has 0 bridgehead atoms. The molecule has 6 nitrogen and oxygen atoms in total. The Morgan fingerprint density at radius 2 is 1.59 bits per heavy atom. The monoisotopic (exact) mass is 544 g/mol. The lowest BCUT2D eigenvalue weighted by molar-refractivity contribution is -0.142. The zero-order chi connectivity index (χ0) is 27.9. The van der Waals surface area contributed by atoms with Crippen molar-refractivity contribution < 1.29 is 31.9 Å². The highest BCUT2D eigenvalue weighted by Crippen LogP contribution is 2.44. The molecule has 2 atom stereocenters. The molecule has 3 aromatic rings. The zero-order valence-corrected chi connectivity index (χ0v) is 20.9. The molecule has 204 valence electrons. The number of halogens is 5. The van der Waals surface area contributed by atoms with Crippen LogP contribution in [0.15, 0.2) is 71.7 Å². The summed E-state index contributed by atoms with van der Waals surface area (Å²) in [5.41, 5.74) is 0.287. The summed E-state index contributed by atoms with van der Waals surface area (Å²) in [5.74, 6) is -3.42. The van der Waals surface area contributed by atoms with E-state index in [0.717, 1.165) is 11.8 Å². The molecule has 0 aliphatic carbocycles. The Kier molecular flexibility index (Phi) is 6.92. The number of anilines is 2. The van der Waals surface area contributed by atoms with E-state index in [0.29, 0.717) is 49.6 Å². The van der Waals surface area contributed by atoms with Crippen LogP contribution in [0.1, 0.15) is 24.1 Å². The first-order chi connectivity index (χ1) is 18.5. The summed E-state index contributed by atoms with van der Waals surface area (Å²) in [7, 11) is 0. The molecule has 0 saturated carbocycles. The number of benzene rings is 3. The van der Waals surface area contributed by atoms with Crippen molar-refractivity contribution in [2.45, 2.75) is 19.1 Å². The van der Waals surface area contributed by atoms with Gasteiger partial charge in [0.2, 0.25) is 5.96 Å². The van der Waals surface area contributed by atoms with Gasteiger partial charge in [-0.15, -0.1) is 0 Å². The molecule has 5 rings (SSSR count). The van der Waals surface area contributed by atoms with Crippen molar-refractivity contribution in [3.05, 3.63) is 89.5 Å². The van der Waals surface area contributed by atoms with Gasteiger partial charge in [-0.25, -0.2) is 13.8 Å². The van der Waals surface area contributed by atoms with Crippen LogP contribution in [0.5, 0.6) is 0 Å². The van der Waals surface area contributed by atoms with Crippen molar-refractivity contribution in [2.24, 2.45) is 10.9 Å². The zero-order valence-electron chi connectivity index (χ0n) is 20.9. The third-order valence-electron chi connectivity index (χ3n) is 7.12. The second-order valence-corrected chi connectivity index (χ2v) is 9.53. The van der Waals surface area contributed by atoms with Gasteiger partial charge in [0, 0.05) is 37.4 Å². The van der Waals surface area contributed by atoms with Crippen molar-refractivity contribution in [1.29, 1.82) is 0 Å². The van der Waals surface area contributed by atoms with Crippen LogP contribution in [-0.4, -0.2) is 48.1 Å². The molecule has 0 radical (unpaired) electrons. The number of carboxylic acid groups (broad SMARTS) is 1. The van der Waals surface area contributed by atoms with E-state index in [-0.39, 0.29) is 11.8 Å². The van der Waals surface area contributed by atoms with E-state index in [1.807, 2.05) is 9.80 Å². The lowest BCUT2D eigenvalue weighted by atomic mass is 9.90. The van der Waals surface area contributed by atoms with E-state index in [4.69, 9.17) is 4.99 Å². The number of alkyl halides is 3. The fraction of sp³-hybridized carbons (Fsp3) is 0.286. The number of guanidine groups is 1. The van der Waals surface area contributed by atoms with E-state index < -0.39 is 41.2 Å². The van der Waals surface area contributed by atoms with E-state index in [2.05, 4.69) is 0 Å². The Labute approximate surface area is 221 Å². The van der Waals surface area contributed by atoms with Crippen LogP contribution in [0.2, 0.25) is 0 Å². The van der Waals surface area contributed by atoms with Gasteiger partial charge in [0.25, 0.3) is 0 Å². The van der Waals surface area contributed by atoms with Crippen LogP contribution >= 0.6 is 0 Å². The summed E-state index contributed by atoms with van der Waals surface area (Å²) >= 11 is 0. The molecule has 2 unspecified atom stereocenters. The Bertz CT molecular complexity index is 1400. The Morgan fingerprint density at radius 1 is 0.949 bits per heavy atom. The smallest absolute Gasteiger partial charge is 0.416 e. The number of aliphatic carboxylic acids is 1. The second kappa shape index (κ2) is 10.2. The van der Waals surface area contributed by atoms with Gasteiger partial charge >= 0.3 is 12.1 Å². The quantitative estimate of drug-likeness (QED) is 0.404. The molecular formula is C28H25F5N4O2. The summed E-state index contributed by atoms with van der Waals surface area (Å²) in [6.07, 6.45) is -4.73. The molecule has 1 fully saturated rings. The van der Waals surface area contributed by atoms with Crippen molar-refractivity contribution in [1.82, 2.24) is 4.90 Å².